The predicted octanol–water partition coefficient (Wildman–Crippen LogP) is 1.77. The first-order valence-electron chi connectivity index (χ1n) is 12.1. The molecule has 2 fully saturated rings. The number of hydrogen-bond acceptors (Lipinski definition) is 5. The van der Waals surface area contributed by atoms with Crippen LogP contribution in [0.15, 0.2) is 60.7 Å². The number of hydrogen-bond donors (Lipinski definition) is 2. The molecule has 2 heterocycles. The Labute approximate surface area is 205 Å². The van der Waals surface area contributed by atoms with Crippen molar-refractivity contribution in [1.29, 1.82) is 0 Å². The normalized spacial score (nSPS) is 20.5. The summed E-state index contributed by atoms with van der Waals surface area (Å²) in [6.45, 7) is 1.23. The van der Waals surface area contributed by atoms with Crippen molar-refractivity contribution in [3.05, 3.63) is 71.8 Å². The summed E-state index contributed by atoms with van der Waals surface area (Å²) in [6.07, 6.45) is 2.49. The number of nitrogens with zero attached hydrogens (tertiary/aromatic N) is 1. The highest BCUT2D eigenvalue weighted by Crippen LogP contribution is 2.22. The lowest BCUT2D eigenvalue weighted by molar-refractivity contribution is -0.141. The molecule has 0 saturated carbocycles. The van der Waals surface area contributed by atoms with Gasteiger partial charge in [-0.15, -0.1) is 0 Å². The molecule has 2 unspecified atom stereocenters. The number of ether oxygens (including phenoxy) is 1. The number of nitrogens with one attached hydrogen (secondary N) is 2. The summed E-state index contributed by atoms with van der Waals surface area (Å²) in [4.78, 5) is 53.1. The molecule has 2 aromatic carbocycles. The van der Waals surface area contributed by atoms with Crippen LogP contribution in [0.25, 0.3) is 0 Å². The van der Waals surface area contributed by atoms with Gasteiger partial charge >= 0.3 is 0 Å². The van der Waals surface area contributed by atoms with E-state index in [0.29, 0.717) is 19.6 Å². The van der Waals surface area contributed by atoms with Gasteiger partial charge in [0.1, 0.15) is 12.1 Å². The van der Waals surface area contributed by atoms with Crippen LogP contribution in [0.5, 0.6) is 0 Å². The van der Waals surface area contributed by atoms with E-state index in [9.17, 15) is 19.2 Å². The Morgan fingerprint density at radius 2 is 1.66 bits per heavy atom. The molecule has 184 valence electrons. The third-order valence-electron chi connectivity index (χ3n) is 6.48. The molecule has 8 heteroatoms. The van der Waals surface area contributed by atoms with Crippen molar-refractivity contribution >= 4 is 23.5 Å². The standard InChI is InChI=1S/C27H31N3O5/c31-24-14-13-23(30(24)18-20-10-5-2-6-11-20)26(33)29-22(16-19-8-3-1-4-9-19)25(32)27(34)28-17-21-12-7-15-35-21/h1-6,8-11,21-23H,7,12-18H2,(H,28,34)(H,29,33)/t21-,22?,23?/m0/s1. The van der Waals surface area contributed by atoms with Crippen LogP contribution in [0, 0.1) is 0 Å². The number of ketones is 1. The number of amides is 3. The summed E-state index contributed by atoms with van der Waals surface area (Å²) < 4.78 is 5.51. The summed E-state index contributed by atoms with van der Waals surface area (Å²) >= 11 is 0. The van der Waals surface area contributed by atoms with Crippen molar-refractivity contribution in [2.45, 2.75) is 56.8 Å². The van der Waals surface area contributed by atoms with Gasteiger partial charge in [0.25, 0.3) is 5.91 Å². The lowest BCUT2D eigenvalue weighted by atomic mass is 10.0. The van der Waals surface area contributed by atoms with Crippen LogP contribution < -0.4 is 10.6 Å². The summed E-state index contributed by atoms with van der Waals surface area (Å²) in [7, 11) is 0. The summed E-state index contributed by atoms with van der Waals surface area (Å²) in [6, 6.07) is 17.0. The highest BCUT2D eigenvalue weighted by Gasteiger charge is 2.38. The van der Waals surface area contributed by atoms with Crippen molar-refractivity contribution in [1.82, 2.24) is 15.5 Å². The average Bonchev–Trinajstić information content (AvgIpc) is 3.53. The van der Waals surface area contributed by atoms with Crippen molar-refractivity contribution < 1.29 is 23.9 Å². The maximum absolute atomic E-state index is 13.3. The van der Waals surface area contributed by atoms with E-state index in [0.717, 1.165) is 24.0 Å². The molecule has 35 heavy (non-hydrogen) atoms. The van der Waals surface area contributed by atoms with Gasteiger partial charge in [-0.25, -0.2) is 0 Å². The second-order valence-corrected chi connectivity index (χ2v) is 9.02. The minimum Gasteiger partial charge on any atom is -0.376 e. The molecule has 0 spiro atoms. The van der Waals surface area contributed by atoms with Crippen molar-refractivity contribution in [3.63, 3.8) is 0 Å². The van der Waals surface area contributed by atoms with E-state index in [1.807, 2.05) is 60.7 Å². The van der Waals surface area contributed by atoms with Gasteiger partial charge in [-0.2, -0.15) is 0 Å². The van der Waals surface area contributed by atoms with E-state index in [4.69, 9.17) is 4.74 Å². The topological polar surface area (TPSA) is 105 Å². The minimum atomic E-state index is -1.04. The quantitative estimate of drug-likeness (QED) is 0.508. The fraction of sp³-hybridized carbons (Fsp3) is 0.407. The molecule has 2 aromatic rings. The zero-order valence-electron chi connectivity index (χ0n) is 19.7. The second-order valence-electron chi connectivity index (χ2n) is 9.02. The Morgan fingerprint density at radius 1 is 0.971 bits per heavy atom. The molecule has 3 atom stereocenters. The molecular weight excluding hydrogens is 446 g/mol. The summed E-state index contributed by atoms with van der Waals surface area (Å²) in [5.74, 6) is -1.98. The molecule has 3 amide bonds. The minimum absolute atomic E-state index is 0.0926. The third-order valence-corrected chi connectivity index (χ3v) is 6.48. The fourth-order valence-corrected chi connectivity index (χ4v) is 4.57. The van der Waals surface area contributed by atoms with Crippen LogP contribution in [0.4, 0.5) is 0 Å². The van der Waals surface area contributed by atoms with Crippen molar-refractivity contribution in [2.24, 2.45) is 0 Å². The van der Waals surface area contributed by atoms with Gasteiger partial charge < -0.3 is 20.3 Å². The number of likely N-dealkylation sites (tertiary alicyclic amines) is 1. The number of carbonyl (C=O) groups is 4. The monoisotopic (exact) mass is 477 g/mol. The lowest BCUT2D eigenvalue weighted by Gasteiger charge is -2.26. The van der Waals surface area contributed by atoms with E-state index in [1.54, 1.807) is 4.90 Å². The predicted molar refractivity (Wildman–Crippen MR) is 129 cm³/mol. The molecule has 0 radical (unpaired) electrons. The van der Waals surface area contributed by atoms with E-state index in [1.165, 1.54) is 0 Å². The molecule has 4 rings (SSSR count). The first-order valence-corrected chi connectivity index (χ1v) is 12.1. The Bertz CT molecular complexity index is 1040. The number of carbonyl (C=O) groups excluding carboxylic acids is 4. The molecule has 8 nitrogen and oxygen atoms in total. The SMILES string of the molecule is O=C(NC[C@@H]1CCCO1)C(=O)C(Cc1ccccc1)NC(=O)C1CCC(=O)N1Cc1ccccc1. The van der Waals surface area contributed by atoms with Crippen LogP contribution in [-0.2, 0) is 36.9 Å². The van der Waals surface area contributed by atoms with Gasteiger partial charge in [0.05, 0.1) is 6.10 Å². The lowest BCUT2D eigenvalue weighted by Crippen LogP contribution is -2.54. The van der Waals surface area contributed by atoms with Crippen molar-refractivity contribution in [3.8, 4) is 0 Å². The van der Waals surface area contributed by atoms with Gasteiger partial charge in [0.2, 0.25) is 17.6 Å². The van der Waals surface area contributed by atoms with Gasteiger partial charge in [-0.05, 0) is 30.4 Å². The van der Waals surface area contributed by atoms with Crippen LogP contribution in [0.3, 0.4) is 0 Å². The summed E-state index contributed by atoms with van der Waals surface area (Å²) in [5, 5.41) is 5.43. The molecule has 2 aliphatic rings. The number of Topliss-reactive ketones (excluding diaryl/α,β-unsaturated/α-hetero) is 1. The van der Waals surface area contributed by atoms with Crippen LogP contribution >= 0.6 is 0 Å². The molecule has 0 aliphatic carbocycles. The zero-order valence-corrected chi connectivity index (χ0v) is 19.7. The van der Waals surface area contributed by atoms with Crippen LogP contribution in [-0.4, -0.2) is 59.7 Å². The van der Waals surface area contributed by atoms with E-state index in [-0.39, 0.29) is 31.4 Å². The smallest absolute Gasteiger partial charge is 0.289 e. The molecule has 2 N–H and O–H groups in total. The molecule has 0 aromatic heterocycles. The van der Waals surface area contributed by atoms with Gasteiger partial charge in [-0.3, -0.25) is 19.2 Å². The zero-order chi connectivity index (χ0) is 24.6. The number of rotatable bonds is 10. The molecular formula is C27H31N3O5. The maximum atomic E-state index is 13.3. The molecule has 0 bridgehead atoms. The van der Waals surface area contributed by atoms with E-state index >= 15 is 0 Å². The van der Waals surface area contributed by atoms with Crippen LogP contribution in [0.1, 0.15) is 36.8 Å². The highest BCUT2D eigenvalue weighted by atomic mass is 16.5. The Morgan fingerprint density at radius 3 is 2.31 bits per heavy atom. The maximum Gasteiger partial charge on any atom is 0.289 e. The number of benzene rings is 2. The first kappa shape index (κ1) is 24.6. The van der Waals surface area contributed by atoms with Gasteiger partial charge in [0, 0.05) is 32.5 Å². The Hall–Kier alpha value is -3.52. The molecule has 2 saturated heterocycles. The highest BCUT2D eigenvalue weighted by molar-refractivity contribution is 6.38. The largest absolute Gasteiger partial charge is 0.376 e. The Kier molecular flexibility index (Phi) is 8.26. The van der Waals surface area contributed by atoms with E-state index in [2.05, 4.69) is 10.6 Å². The third kappa shape index (κ3) is 6.54. The first-order chi connectivity index (χ1) is 17.0. The van der Waals surface area contributed by atoms with Gasteiger partial charge in [-0.1, -0.05) is 60.7 Å². The Balaban J connectivity index is 1.45. The van der Waals surface area contributed by atoms with Gasteiger partial charge in [0.15, 0.2) is 0 Å². The van der Waals surface area contributed by atoms with Crippen molar-refractivity contribution in [2.75, 3.05) is 13.2 Å². The van der Waals surface area contributed by atoms with E-state index < -0.39 is 29.7 Å². The van der Waals surface area contributed by atoms with Crippen LogP contribution in [0.2, 0.25) is 0 Å². The second kappa shape index (κ2) is 11.8. The summed E-state index contributed by atoms with van der Waals surface area (Å²) in [5.41, 5.74) is 1.74. The molecule has 2 aliphatic heterocycles. The average molecular weight is 478 g/mol. The fourth-order valence-electron chi connectivity index (χ4n) is 4.57.